The van der Waals surface area contributed by atoms with Crippen molar-refractivity contribution in [1.29, 1.82) is 0 Å². The molecule has 0 aromatic heterocycles. The van der Waals surface area contributed by atoms with Gasteiger partial charge in [0.1, 0.15) is 0 Å². The lowest BCUT2D eigenvalue weighted by atomic mass is 10.2. The zero-order valence-electron chi connectivity index (χ0n) is 7.28. The lowest BCUT2D eigenvalue weighted by molar-refractivity contribution is -0.137. The van der Waals surface area contributed by atoms with Crippen LogP contribution in [0, 0.1) is 0 Å². The third-order valence-corrected chi connectivity index (χ3v) is 2.13. The van der Waals surface area contributed by atoms with Gasteiger partial charge in [0.15, 0.2) is 0 Å². The number of rotatable bonds is 2. The first kappa shape index (κ1) is 12.0. The molecule has 4 nitrogen and oxygen atoms in total. The summed E-state index contributed by atoms with van der Waals surface area (Å²) in [5.41, 5.74) is -1.14. The molecule has 0 atom stereocenters. The van der Waals surface area contributed by atoms with Crippen molar-refractivity contribution in [2.24, 2.45) is 0 Å². The SMILES string of the molecule is O[Si](O)(O)Nc1cccc(C(F)(F)F)c1. The molecule has 0 aliphatic heterocycles. The summed E-state index contributed by atoms with van der Waals surface area (Å²) in [7, 11) is -4.60. The van der Waals surface area contributed by atoms with Crippen molar-refractivity contribution in [3.8, 4) is 0 Å². The van der Waals surface area contributed by atoms with E-state index in [1.54, 1.807) is 4.98 Å². The molecule has 0 saturated carbocycles. The summed E-state index contributed by atoms with van der Waals surface area (Å²) in [6, 6.07) is 3.77. The highest BCUT2D eigenvalue weighted by Gasteiger charge is 2.32. The number of benzene rings is 1. The quantitative estimate of drug-likeness (QED) is 0.568. The van der Waals surface area contributed by atoms with Gasteiger partial charge in [-0.1, -0.05) is 6.07 Å². The van der Waals surface area contributed by atoms with E-state index in [0.717, 1.165) is 12.1 Å². The summed E-state index contributed by atoms with van der Waals surface area (Å²) in [4.78, 5) is 27.7. The Hall–Kier alpha value is -1.09. The Morgan fingerprint density at radius 3 is 2.20 bits per heavy atom. The molecule has 4 N–H and O–H groups in total. The van der Waals surface area contributed by atoms with Gasteiger partial charge in [-0.05, 0) is 18.2 Å². The molecule has 1 aromatic carbocycles. The Labute approximate surface area is 84.1 Å². The lowest BCUT2D eigenvalue weighted by Crippen LogP contribution is -2.44. The van der Waals surface area contributed by atoms with Gasteiger partial charge in [0.05, 0.1) is 5.56 Å². The second kappa shape index (κ2) is 3.81. The number of nitrogens with one attached hydrogen (secondary N) is 1. The van der Waals surface area contributed by atoms with Crippen molar-refractivity contribution in [3.05, 3.63) is 29.8 Å². The minimum atomic E-state index is -4.60. The first-order valence-corrected chi connectivity index (χ1v) is 5.65. The lowest BCUT2D eigenvalue weighted by Gasteiger charge is -2.14. The monoisotopic (exact) mass is 239 g/mol. The standard InChI is InChI=1S/C7H8F3NO3Si/c8-7(9,10)5-2-1-3-6(4-5)11-15(12,13)14/h1-4,11-14H. The van der Waals surface area contributed by atoms with Gasteiger partial charge in [0, 0.05) is 5.69 Å². The van der Waals surface area contributed by atoms with Gasteiger partial charge in [0.25, 0.3) is 0 Å². The molecule has 0 fully saturated rings. The Kier molecular flexibility index (Phi) is 3.04. The van der Waals surface area contributed by atoms with Gasteiger partial charge >= 0.3 is 15.1 Å². The fourth-order valence-corrected chi connectivity index (χ4v) is 1.51. The van der Waals surface area contributed by atoms with Crippen molar-refractivity contribution >= 4 is 14.7 Å². The van der Waals surface area contributed by atoms with Gasteiger partial charge in [-0.2, -0.15) is 13.2 Å². The van der Waals surface area contributed by atoms with Crippen molar-refractivity contribution in [2.75, 3.05) is 4.98 Å². The van der Waals surface area contributed by atoms with Crippen molar-refractivity contribution in [3.63, 3.8) is 0 Å². The molecule has 0 saturated heterocycles. The van der Waals surface area contributed by atoms with Crippen LogP contribution in [0.5, 0.6) is 0 Å². The Balaban J connectivity index is 2.94. The Morgan fingerprint density at radius 1 is 1.13 bits per heavy atom. The summed E-state index contributed by atoms with van der Waals surface area (Å²) >= 11 is 0. The maximum atomic E-state index is 12.2. The van der Waals surface area contributed by atoms with Crippen LogP contribution in [0.25, 0.3) is 0 Å². The molecule has 0 aliphatic carbocycles. The first-order chi connectivity index (χ1) is 6.68. The van der Waals surface area contributed by atoms with Crippen LogP contribution in [0.2, 0.25) is 0 Å². The third kappa shape index (κ3) is 3.87. The molecule has 0 bridgehead atoms. The molecular formula is C7H8F3NO3Si. The predicted octanol–water partition coefficient (Wildman–Crippen LogP) is 0.530. The smallest absolute Gasteiger partial charge is 0.373 e. The number of hydrogen-bond acceptors (Lipinski definition) is 4. The Bertz CT molecular complexity index is 350. The number of hydrogen-bond donors (Lipinski definition) is 4. The van der Waals surface area contributed by atoms with Crippen LogP contribution >= 0.6 is 0 Å². The maximum absolute atomic E-state index is 12.2. The maximum Gasteiger partial charge on any atom is 0.622 e. The average Bonchev–Trinajstić information content (AvgIpc) is 1.99. The first-order valence-electron chi connectivity index (χ1n) is 3.81. The van der Waals surface area contributed by atoms with Crippen molar-refractivity contribution < 1.29 is 27.6 Å². The van der Waals surface area contributed by atoms with Gasteiger partial charge in [0.2, 0.25) is 0 Å². The molecule has 15 heavy (non-hydrogen) atoms. The van der Waals surface area contributed by atoms with Crippen LogP contribution in [0.15, 0.2) is 24.3 Å². The van der Waals surface area contributed by atoms with Gasteiger partial charge in [-0.15, -0.1) is 0 Å². The van der Waals surface area contributed by atoms with Gasteiger partial charge in [-0.3, -0.25) is 0 Å². The molecule has 0 amide bonds. The van der Waals surface area contributed by atoms with E-state index in [0.29, 0.717) is 6.07 Å². The van der Waals surface area contributed by atoms with Crippen molar-refractivity contribution in [2.45, 2.75) is 6.18 Å². The second-order valence-electron chi connectivity index (χ2n) is 2.84. The van der Waals surface area contributed by atoms with Crippen LogP contribution in [0.4, 0.5) is 18.9 Å². The minimum Gasteiger partial charge on any atom is -0.373 e. The molecule has 0 heterocycles. The van der Waals surface area contributed by atoms with E-state index in [-0.39, 0.29) is 5.69 Å². The van der Waals surface area contributed by atoms with Crippen LogP contribution in [-0.4, -0.2) is 23.4 Å². The average molecular weight is 239 g/mol. The summed E-state index contributed by atoms with van der Waals surface area (Å²) in [6.07, 6.45) is -4.51. The zero-order valence-corrected chi connectivity index (χ0v) is 8.28. The zero-order chi connectivity index (χ0) is 11.7. The predicted molar refractivity (Wildman–Crippen MR) is 47.5 cm³/mol. The van der Waals surface area contributed by atoms with E-state index in [4.69, 9.17) is 14.4 Å². The normalized spacial score (nSPS) is 12.7. The fraction of sp³-hybridized carbons (Fsp3) is 0.143. The largest absolute Gasteiger partial charge is 0.622 e. The van der Waals surface area contributed by atoms with Crippen LogP contribution < -0.4 is 4.98 Å². The number of anilines is 1. The van der Waals surface area contributed by atoms with E-state index in [1.807, 2.05) is 0 Å². The molecule has 1 aromatic rings. The molecule has 1 rings (SSSR count). The molecule has 0 radical (unpaired) electrons. The number of halogens is 3. The Morgan fingerprint density at radius 2 is 1.73 bits per heavy atom. The van der Waals surface area contributed by atoms with Crippen LogP contribution in [-0.2, 0) is 6.18 Å². The molecule has 0 unspecified atom stereocenters. The number of alkyl halides is 3. The van der Waals surface area contributed by atoms with E-state index < -0.39 is 20.7 Å². The van der Waals surface area contributed by atoms with Crippen LogP contribution in [0.1, 0.15) is 5.56 Å². The summed E-state index contributed by atoms with van der Waals surface area (Å²) < 4.78 is 36.6. The molecule has 8 heteroatoms. The van der Waals surface area contributed by atoms with E-state index in [2.05, 4.69) is 0 Å². The molecule has 84 valence electrons. The van der Waals surface area contributed by atoms with Crippen molar-refractivity contribution in [1.82, 2.24) is 0 Å². The highest BCUT2D eigenvalue weighted by atomic mass is 28.4. The highest BCUT2D eigenvalue weighted by molar-refractivity contribution is 6.60. The van der Waals surface area contributed by atoms with E-state index >= 15 is 0 Å². The van der Waals surface area contributed by atoms with Gasteiger partial charge < -0.3 is 19.4 Å². The topological polar surface area (TPSA) is 72.7 Å². The molecule has 0 spiro atoms. The summed E-state index contributed by atoms with van der Waals surface area (Å²) in [5.74, 6) is 0. The van der Waals surface area contributed by atoms with E-state index in [9.17, 15) is 13.2 Å². The fourth-order valence-electron chi connectivity index (χ4n) is 0.967. The van der Waals surface area contributed by atoms with Crippen LogP contribution in [0.3, 0.4) is 0 Å². The summed E-state index contributed by atoms with van der Waals surface area (Å²) in [6.45, 7) is 0. The third-order valence-electron chi connectivity index (χ3n) is 1.50. The molecule has 0 aliphatic rings. The van der Waals surface area contributed by atoms with E-state index in [1.165, 1.54) is 6.07 Å². The highest BCUT2D eigenvalue weighted by Crippen LogP contribution is 2.30. The summed E-state index contributed by atoms with van der Waals surface area (Å²) in [5, 5.41) is 0. The molecular weight excluding hydrogens is 231 g/mol. The van der Waals surface area contributed by atoms with Gasteiger partial charge in [-0.25, -0.2) is 0 Å². The minimum absolute atomic E-state index is 0.205. The second-order valence-corrected chi connectivity index (χ2v) is 4.36.